The van der Waals surface area contributed by atoms with Gasteiger partial charge in [0.05, 0.1) is 17.6 Å². The van der Waals surface area contributed by atoms with Gasteiger partial charge >= 0.3 is 0 Å². The van der Waals surface area contributed by atoms with E-state index in [0.29, 0.717) is 17.0 Å². The van der Waals surface area contributed by atoms with Gasteiger partial charge in [-0.3, -0.25) is 0 Å². The Balaban J connectivity index is 2.36. The molecule has 1 aromatic rings. The highest BCUT2D eigenvalue weighted by Gasteiger charge is 2.47. The molecular weight excluding hydrogens is 286 g/mol. The lowest BCUT2D eigenvalue weighted by molar-refractivity contribution is 0.0472. The van der Waals surface area contributed by atoms with Gasteiger partial charge < -0.3 is 10.8 Å². The molecule has 0 aromatic heterocycles. The Morgan fingerprint density at radius 1 is 1.53 bits per heavy atom. The molecule has 0 spiro atoms. The van der Waals surface area contributed by atoms with Gasteiger partial charge in [0.15, 0.2) is 9.84 Å². The molecule has 106 valence electrons. The van der Waals surface area contributed by atoms with E-state index in [0.717, 1.165) is 5.56 Å². The first-order valence-electron chi connectivity index (χ1n) is 6.14. The fraction of sp³-hybridized carbons (Fsp3) is 0.538. The summed E-state index contributed by atoms with van der Waals surface area (Å²) in [6.45, 7) is 2.01. The fourth-order valence-corrected chi connectivity index (χ4v) is 4.91. The molecule has 1 fully saturated rings. The predicted octanol–water partition coefficient (Wildman–Crippen LogP) is 1.45. The highest BCUT2D eigenvalue weighted by atomic mass is 35.5. The zero-order valence-corrected chi connectivity index (χ0v) is 12.3. The van der Waals surface area contributed by atoms with Crippen LogP contribution in [0.1, 0.15) is 23.7 Å². The van der Waals surface area contributed by atoms with Crippen LogP contribution in [0.25, 0.3) is 0 Å². The number of hydrogen-bond acceptors (Lipinski definition) is 4. The number of sulfone groups is 1. The van der Waals surface area contributed by atoms with Gasteiger partial charge in [0.2, 0.25) is 0 Å². The maximum atomic E-state index is 11.7. The molecule has 3 N–H and O–H groups in total. The van der Waals surface area contributed by atoms with Crippen molar-refractivity contribution in [3.63, 3.8) is 0 Å². The molecule has 2 atom stereocenters. The second kappa shape index (κ2) is 5.05. The summed E-state index contributed by atoms with van der Waals surface area (Å²) in [6.07, 6.45) is -0.522. The molecular formula is C13H18ClNO3S. The maximum Gasteiger partial charge on any atom is 0.151 e. The van der Waals surface area contributed by atoms with E-state index >= 15 is 0 Å². The largest absolute Gasteiger partial charge is 0.388 e. The summed E-state index contributed by atoms with van der Waals surface area (Å²) in [4.78, 5) is 0. The summed E-state index contributed by atoms with van der Waals surface area (Å²) in [6, 6.07) is 5.27. The number of aryl methyl sites for hydroxylation is 1. The van der Waals surface area contributed by atoms with Gasteiger partial charge in [0.25, 0.3) is 0 Å². The molecule has 0 radical (unpaired) electrons. The minimum atomic E-state index is -3.11. The van der Waals surface area contributed by atoms with Gasteiger partial charge in [-0.25, -0.2) is 8.42 Å². The SMILES string of the molecule is Cc1ccc(C(O)C2(CN)CCS(=O)(=O)C2)cc1Cl. The molecule has 6 heteroatoms. The van der Waals surface area contributed by atoms with Crippen LogP contribution in [0.2, 0.25) is 5.02 Å². The van der Waals surface area contributed by atoms with E-state index in [9.17, 15) is 13.5 Å². The predicted molar refractivity (Wildman–Crippen MR) is 75.9 cm³/mol. The third-order valence-corrected chi connectivity index (χ3v) is 6.16. The summed E-state index contributed by atoms with van der Waals surface area (Å²) in [5.74, 6) is 0.0179. The van der Waals surface area contributed by atoms with Crippen LogP contribution in [0.3, 0.4) is 0 Å². The van der Waals surface area contributed by atoms with Crippen LogP contribution >= 0.6 is 11.6 Å². The Morgan fingerprint density at radius 2 is 2.21 bits per heavy atom. The number of nitrogens with two attached hydrogens (primary N) is 1. The highest BCUT2D eigenvalue weighted by molar-refractivity contribution is 7.91. The topological polar surface area (TPSA) is 80.4 Å². The molecule has 1 heterocycles. The van der Waals surface area contributed by atoms with Gasteiger partial charge in [0, 0.05) is 17.0 Å². The number of aliphatic hydroxyl groups is 1. The summed E-state index contributed by atoms with van der Waals surface area (Å²) in [5.41, 5.74) is 6.48. The maximum absolute atomic E-state index is 11.7. The van der Waals surface area contributed by atoms with Crippen LogP contribution in [0, 0.1) is 12.3 Å². The molecule has 2 rings (SSSR count). The minimum Gasteiger partial charge on any atom is -0.388 e. The quantitative estimate of drug-likeness (QED) is 0.885. The number of hydrogen-bond donors (Lipinski definition) is 2. The number of benzene rings is 1. The van der Waals surface area contributed by atoms with E-state index in [-0.39, 0.29) is 18.1 Å². The minimum absolute atomic E-state index is 0.0663. The van der Waals surface area contributed by atoms with E-state index in [4.69, 9.17) is 17.3 Å². The van der Waals surface area contributed by atoms with Crippen molar-refractivity contribution < 1.29 is 13.5 Å². The lowest BCUT2D eigenvalue weighted by atomic mass is 9.78. The first-order valence-corrected chi connectivity index (χ1v) is 8.34. The van der Waals surface area contributed by atoms with Crippen LogP contribution in [-0.4, -0.2) is 31.6 Å². The first-order chi connectivity index (χ1) is 8.80. The van der Waals surface area contributed by atoms with Gasteiger partial charge in [-0.15, -0.1) is 0 Å². The van der Waals surface area contributed by atoms with E-state index in [1.165, 1.54) is 0 Å². The summed E-state index contributed by atoms with van der Waals surface area (Å²) in [7, 11) is -3.11. The Labute approximate surface area is 118 Å². The van der Waals surface area contributed by atoms with Crippen LogP contribution < -0.4 is 5.73 Å². The summed E-state index contributed by atoms with van der Waals surface area (Å²) in [5, 5.41) is 11.1. The number of halogens is 1. The van der Waals surface area contributed by atoms with E-state index in [2.05, 4.69) is 0 Å². The van der Waals surface area contributed by atoms with Crippen LogP contribution in [-0.2, 0) is 9.84 Å². The molecule has 0 amide bonds. The third-order valence-electron chi connectivity index (χ3n) is 3.92. The lowest BCUT2D eigenvalue weighted by Gasteiger charge is -2.32. The van der Waals surface area contributed by atoms with Crippen LogP contribution in [0.4, 0.5) is 0 Å². The molecule has 1 aliphatic heterocycles. The third kappa shape index (κ3) is 2.79. The van der Waals surface area contributed by atoms with Crippen LogP contribution in [0.15, 0.2) is 18.2 Å². The Kier molecular flexibility index (Phi) is 3.93. The first kappa shape index (κ1) is 14.8. The van der Waals surface area contributed by atoms with Crippen molar-refractivity contribution in [2.45, 2.75) is 19.4 Å². The number of rotatable bonds is 3. The van der Waals surface area contributed by atoms with Gasteiger partial charge in [-0.1, -0.05) is 23.7 Å². The molecule has 4 nitrogen and oxygen atoms in total. The second-order valence-corrected chi connectivity index (χ2v) is 7.91. The monoisotopic (exact) mass is 303 g/mol. The van der Waals surface area contributed by atoms with Crippen molar-refractivity contribution in [1.82, 2.24) is 0 Å². The van der Waals surface area contributed by atoms with Crippen molar-refractivity contribution in [3.05, 3.63) is 34.3 Å². The zero-order chi connectivity index (χ0) is 14.3. The highest BCUT2D eigenvalue weighted by Crippen LogP contribution is 2.43. The van der Waals surface area contributed by atoms with E-state index in [1.54, 1.807) is 12.1 Å². The Morgan fingerprint density at radius 3 is 2.68 bits per heavy atom. The molecule has 0 aliphatic carbocycles. The summed E-state index contributed by atoms with van der Waals surface area (Å²) < 4.78 is 23.3. The van der Waals surface area contributed by atoms with Crippen molar-refractivity contribution in [1.29, 1.82) is 0 Å². The van der Waals surface area contributed by atoms with E-state index in [1.807, 2.05) is 13.0 Å². The molecule has 0 saturated carbocycles. The van der Waals surface area contributed by atoms with Crippen molar-refractivity contribution in [2.75, 3.05) is 18.1 Å². The number of aliphatic hydroxyl groups excluding tert-OH is 1. The Hall–Kier alpha value is -0.620. The van der Waals surface area contributed by atoms with Crippen molar-refractivity contribution in [3.8, 4) is 0 Å². The molecule has 1 aliphatic rings. The van der Waals surface area contributed by atoms with Gasteiger partial charge in [-0.05, 0) is 30.5 Å². The van der Waals surface area contributed by atoms with Crippen LogP contribution in [0.5, 0.6) is 0 Å². The van der Waals surface area contributed by atoms with Crippen molar-refractivity contribution >= 4 is 21.4 Å². The smallest absolute Gasteiger partial charge is 0.151 e. The average molecular weight is 304 g/mol. The van der Waals surface area contributed by atoms with Gasteiger partial charge in [0.1, 0.15) is 0 Å². The summed E-state index contributed by atoms with van der Waals surface area (Å²) >= 11 is 6.05. The standard InChI is InChI=1S/C13H18ClNO3S/c1-9-2-3-10(6-11(9)14)12(16)13(7-15)4-5-19(17,18)8-13/h2-3,6,12,16H,4-5,7-8,15H2,1H3. The average Bonchev–Trinajstić information content (AvgIpc) is 2.69. The van der Waals surface area contributed by atoms with Gasteiger partial charge in [-0.2, -0.15) is 0 Å². The Bertz CT molecular complexity index is 588. The lowest BCUT2D eigenvalue weighted by Crippen LogP contribution is -2.38. The molecule has 0 bridgehead atoms. The molecule has 2 unspecified atom stereocenters. The van der Waals surface area contributed by atoms with Crippen molar-refractivity contribution in [2.24, 2.45) is 11.1 Å². The molecule has 1 aromatic carbocycles. The molecule has 1 saturated heterocycles. The second-order valence-electron chi connectivity index (χ2n) is 5.32. The zero-order valence-electron chi connectivity index (χ0n) is 10.8. The normalized spacial score (nSPS) is 27.4. The van der Waals surface area contributed by atoms with E-state index < -0.39 is 21.4 Å². The molecule has 19 heavy (non-hydrogen) atoms. The fourth-order valence-electron chi connectivity index (χ4n) is 2.56.